The number of halogens is 1. The van der Waals surface area contributed by atoms with Crippen LogP contribution in [0.4, 0.5) is 0 Å². The molecule has 0 saturated carbocycles. The third-order valence-electron chi connectivity index (χ3n) is 3.72. The van der Waals surface area contributed by atoms with Gasteiger partial charge in [0.2, 0.25) is 0 Å². The van der Waals surface area contributed by atoms with Gasteiger partial charge in [0, 0.05) is 6.42 Å². The maximum absolute atomic E-state index is 12.5. The van der Waals surface area contributed by atoms with Gasteiger partial charge in [-0.15, -0.1) is 0 Å². The molecule has 0 aliphatic carbocycles. The normalized spacial score (nSPS) is 14.2. The molecule has 0 fully saturated rings. The Hall–Kier alpha value is -1.72. The van der Waals surface area contributed by atoms with Crippen molar-refractivity contribution in [1.82, 2.24) is 0 Å². The van der Waals surface area contributed by atoms with Crippen LogP contribution >= 0.6 is 11.6 Å². The lowest BCUT2D eigenvalue weighted by atomic mass is 10.2. The molecule has 0 spiro atoms. The number of fused-ring (bicyclic) bond motifs is 1. The van der Waals surface area contributed by atoms with Crippen LogP contribution in [0.2, 0.25) is 5.02 Å². The molecule has 128 valence electrons. The van der Waals surface area contributed by atoms with Crippen molar-refractivity contribution in [3.8, 4) is 11.5 Å². The number of hydrogen-bond donors (Lipinski definition) is 0. The third-order valence-corrected chi connectivity index (χ3v) is 5.54. The Balaban J connectivity index is 1.82. The van der Waals surface area contributed by atoms with Crippen LogP contribution in [0, 0.1) is 6.92 Å². The van der Waals surface area contributed by atoms with Crippen molar-refractivity contribution in [3.63, 3.8) is 0 Å². The van der Waals surface area contributed by atoms with Gasteiger partial charge in [0.25, 0.3) is 0 Å². The highest BCUT2D eigenvalue weighted by molar-refractivity contribution is 7.89. The Morgan fingerprint density at radius 3 is 2.58 bits per heavy atom. The minimum atomic E-state index is -3.31. The molecule has 0 atom stereocenters. The Bertz CT molecular complexity index is 846. The average molecular weight is 367 g/mol. The van der Waals surface area contributed by atoms with Gasteiger partial charge in [-0.25, -0.2) is 8.42 Å². The van der Waals surface area contributed by atoms with Crippen LogP contribution in [0.15, 0.2) is 36.4 Å². The molecule has 0 radical (unpaired) electrons. The highest BCUT2D eigenvalue weighted by Crippen LogP contribution is 2.38. The van der Waals surface area contributed by atoms with E-state index in [1.807, 2.05) is 31.2 Å². The van der Waals surface area contributed by atoms with E-state index in [4.69, 9.17) is 21.1 Å². The van der Waals surface area contributed by atoms with Crippen LogP contribution in [-0.2, 0) is 21.3 Å². The second-order valence-electron chi connectivity index (χ2n) is 5.98. The van der Waals surface area contributed by atoms with E-state index < -0.39 is 9.84 Å². The molecule has 2 aromatic rings. The molecule has 0 amide bonds. The number of rotatable bonds is 4. The molecule has 3 rings (SSSR count). The first-order chi connectivity index (χ1) is 11.4. The summed E-state index contributed by atoms with van der Waals surface area (Å²) in [4.78, 5) is 0. The van der Waals surface area contributed by atoms with Crippen LogP contribution in [0.25, 0.3) is 0 Å². The van der Waals surface area contributed by atoms with E-state index in [9.17, 15) is 8.42 Å². The summed E-state index contributed by atoms with van der Waals surface area (Å²) < 4.78 is 36.2. The zero-order valence-electron chi connectivity index (χ0n) is 13.4. The summed E-state index contributed by atoms with van der Waals surface area (Å²) in [5.74, 6) is 0.924. The van der Waals surface area contributed by atoms with E-state index in [2.05, 4.69) is 0 Å². The van der Waals surface area contributed by atoms with Gasteiger partial charge in [-0.3, -0.25) is 0 Å². The van der Waals surface area contributed by atoms with Crippen molar-refractivity contribution in [2.24, 2.45) is 0 Å². The van der Waals surface area contributed by atoms with Crippen molar-refractivity contribution in [2.45, 2.75) is 24.9 Å². The molecule has 2 aromatic carbocycles. The first-order valence-electron chi connectivity index (χ1n) is 7.77. The Kier molecular flexibility index (Phi) is 5.01. The zero-order valence-corrected chi connectivity index (χ0v) is 15.0. The predicted octanol–water partition coefficient (Wildman–Crippen LogP) is 3.92. The van der Waals surface area contributed by atoms with Crippen LogP contribution < -0.4 is 9.47 Å². The fraction of sp³-hybridized carbons (Fsp3) is 0.333. The van der Waals surface area contributed by atoms with Gasteiger partial charge in [-0.05, 0) is 30.2 Å². The lowest BCUT2D eigenvalue weighted by Gasteiger charge is -2.12. The molecule has 0 bridgehead atoms. The number of benzene rings is 2. The molecule has 0 unspecified atom stereocenters. The van der Waals surface area contributed by atoms with Gasteiger partial charge >= 0.3 is 0 Å². The van der Waals surface area contributed by atoms with Crippen molar-refractivity contribution in [1.29, 1.82) is 0 Å². The maximum Gasteiger partial charge on any atom is 0.179 e. The monoisotopic (exact) mass is 366 g/mol. The van der Waals surface area contributed by atoms with Crippen molar-refractivity contribution >= 4 is 21.4 Å². The second-order valence-corrected chi connectivity index (χ2v) is 8.45. The predicted molar refractivity (Wildman–Crippen MR) is 94.6 cm³/mol. The molecule has 0 aromatic heterocycles. The number of hydrogen-bond acceptors (Lipinski definition) is 4. The Labute approximate surface area is 147 Å². The van der Waals surface area contributed by atoms with Crippen molar-refractivity contribution < 1.29 is 17.9 Å². The first kappa shape index (κ1) is 17.1. The van der Waals surface area contributed by atoms with E-state index in [1.165, 1.54) is 0 Å². The van der Waals surface area contributed by atoms with Gasteiger partial charge < -0.3 is 9.47 Å². The van der Waals surface area contributed by atoms with E-state index in [0.29, 0.717) is 35.3 Å². The van der Waals surface area contributed by atoms with Crippen molar-refractivity contribution in [3.05, 3.63) is 58.1 Å². The number of aryl methyl sites for hydroxylation is 1. The topological polar surface area (TPSA) is 52.6 Å². The summed E-state index contributed by atoms with van der Waals surface area (Å²) in [6.45, 7) is 3.01. The lowest BCUT2D eigenvalue weighted by molar-refractivity contribution is 0.297. The second kappa shape index (κ2) is 7.03. The number of sulfone groups is 1. The SMILES string of the molecule is Cc1cccc(CS(=O)(=O)Cc2cc(Cl)c3c(c2)OCCCO3)c1. The van der Waals surface area contributed by atoms with E-state index in [-0.39, 0.29) is 11.5 Å². The summed E-state index contributed by atoms with van der Waals surface area (Å²) >= 11 is 6.23. The van der Waals surface area contributed by atoms with E-state index in [0.717, 1.165) is 17.5 Å². The largest absolute Gasteiger partial charge is 0.489 e. The van der Waals surface area contributed by atoms with E-state index >= 15 is 0 Å². The van der Waals surface area contributed by atoms with Gasteiger partial charge in [0.15, 0.2) is 21.3 Å². The van der Waals surface area contributed by atoms with Crippen LogP contribution in [0.1, 0.15) is 23.1 Å². The molecule has 24 heavy (non-hydrogen) atoms. The molecular formula is C18H19ClO4S. The molecule has 1 aliphatic heterocycles. The van der Waals surface area contributed by atoms with Gasteiger partial charge in [-0.1, -0.05) is 41.4 Å². The minimum Gasteiger partial charge on any atom is -0.489 e. The van der Waals surface area contributed by atoms with E-state index in [1.54, 1.807) is 12.1 Å². The summed E-state index contributed by atoms with van der Waals surface area (Å²) in [7, 11) is -3.31. The smallest absolute Gasteiger partial charge is 0.179 e. The average Bonchev–Trinajstić information content (AvgIpc) is 2.71. The highest BCUT2D eigenvalue weighted by atomic mass is 35.5. The molecule has 6 heteroatoms. The number of ether oxygens (including phenoxy) is 2. The first-order valence-corrected chi connectivity index (χ1v) is 9.97. The van der Waals surface area contributed by atoms with Crippen LogP contribution in [-0.4, -0.2) is 21.6 Å². The highest BCUT2D eigenvalue weighted by Gasteiger charge is 2.19. The fourth-order valence-corrected chi connectivity index (χ4v) is 4.48. The molecule has 4 nitrogen and oxygen atoms in total. The molecule has 0 saturated heterocycles. The van der Waals surface area contributed by atoms with Gasteiger partial charge in [-0.2, -0.15) is 0 Å². The maximum atomic E-state index is 12.5. The molecular weight excluding hydrogens is 348 g/mol. The molecule has 1 heterocycles. The third kappa shape index (κ3) is 4.22. The summed E-state index contributed by atoms with van der Waals surface area (Å²) in [6.07, 6.45) is 0.770. The van der Waals surface area contributed by atoms with Gasteiger partial charge in [0.05, 0.1) is 29.7 Å². The quantitative estimate of drug-likeness (QED) is 0.822. The summed E-state index contributed by atoms with van der Waals surface area (Å²) in [6, 6.07) is 10.9. The van der Waals surface area contributed by atoms with Crippen LogP contribution in [0.5, 0.6) is 11.5 Å². The summed E-state index contributed by atoms with van der Waals surface area (Å²) in [5, 5.41) is 0.384. The van der Waals surface area contributed by atoms with Crippen LogP contribution in [0.3, 0.4) is 0 Å². The fourth-order valence-electron chi connectivity index (χ4n) is 2.73. The Morgan fingerprint density at radius 2 is 1.79 bits per heavy atom. The zero-order chi connectivity index (χ0) is 17.2. The minimum absolute atomic E-state index is 0.000735. The lowest BCUT2D eigenvalue weighted by Crippen LogP contribution is -2.08. The summed E-state index contributed by atoms with van der Waals surface area (Å²) in [5.41, 5.74) is 2.44. The molecule has 0 N–H and O–H groups in total. The molecule has 1 aliphatic rings. The van der Waals surface area contributed by atoms with Gasteiger partial charge in [0.1, 0.15) is 0 Å². The standard InChI is InChI=1S/C18H19ClO4S/c1-13-4-2-5-14(8-13)11-24(20,21)12-15-9-16(19)18-17(10-15)22-6-3-7-23-18/h2,4-5,8-10H,3,6-7,11-12H2,1H3. The Morgan fingerprint density at radius 1 is 1.04 bits per heavy atom. The van der Waals surface area contributed by atoms with Crippen molar-refractivity contribution in [2.75, 3.05) is 13.2 Å².